The first-order valence-electron chi connectivity index (χ1n) is 7.36. The predicted molar refractivity (Wildman–Crippen MR) is 80.0 cm³/mol. The Balaban J connectivity index is 1.71. The zero-order valence-corrected chi connectivity index (χ0v) is 12.6. The molecule has 0 spiro atoms. The van der Waals surface area contributed by atoms with E-state index in [0.29, 0.717) is 24.5 Å². The topological polar surface area (TPSA) is 63.5 Å². The van der Waals surface area contributed by atoms with Crippen molar-refractivity contribution < 1.29 is 18.3 Å². The summed E-state index contributed by atoms with van der Waals surface area (Å²) in [6.07, 6.45) is -0.167. The minimum Gasteiger partial charge on any atom is -0.459 e. The number of carbonyl (C=O) groups excluding carboxylic acids is 1. The van der Waals surface area contributed by atoms with Crippen LogP contribution in [0, 0.1) is 12.7 Å². The van der Waals surface area contributed by atoms with E-state index in [1.807, 2.05) is 13.8 Å². The Morgan fingerprint density at radius 2 is 2.32 bits per heavy atom. The fourth-order valence-electron chi connectivity index (χ4n) is 2.72. The van der Waals surface area contributed by atoms with Gasteiger partial charge in [-0.1, -0.05) is 0 Å². The monoisotopic (exact) mass is 306 g/mol. The van der Waals surface area contributed by atoms with E-state index in [2.05, 4.69) is 10.6 Å². The van der Waals surface area contributed by atoms with E-state index in [1.165, 1.54) is 12.1 Å². The Labute approximate surface area is 127 Å². The molecule has 1 amide bonds. The number of benzene rings is 1. The van der Waals surface area contributed by atoms with Crippen LogP contribution in [-0.2, 0) is 16.1 Å². The van der Waals surface area contributed by atoms with Gasteiger partial charge in [-0.05, 0) is 32.0 Å². The number of hydrogen-bond acceptors (Lipinski definition) is 4. The van der Waals surface area contributed by atoms with Crippen LogP contribution in [0.25, 0.3) is 11.0 Å². The van der Waals surface area contributed by atoms with Crippen LogP contribution in [0.1, 0.15) is 18.2 Å². The molecular formula is C16H19FN2O3. The normalized spacial score (nSPS) is 22.0. The van der Waals surface area contributed by atoms with Crippen LogP contribution in [0.5, 0.6) is 0 Å². The molecule has 2 N–H and O–H groups in total. The SMILES string of the molecule is Cc1c(CNC(=O)[C@H]2NCCO[C@@H]2C)oc2ccc(F)cc12. The third-order valence-corrected chi connectivity index (χ3v) is 4.02. The Morgan fingerprint density at radius 1 is 1.50 bits per heavy atom. The molecule has 0 bridgehead atoms. The summed E-state index contributed by atoms with van der Waals surface area (Å²) in [5.74, 6) is 0.209. The lowest BCUT2D eigenvalue weighted by Crippen LogP contribution is -2.55. The van der Waals surface area contributed by atoms with Gasteiger partial charge in [0.25, 0.3) is 0 Å². The van der Waals surface area contributed by atoms with Gasteiger partial charge in [-0.15, -0.1) is 0 Å². The second kappa shape index (κ2) is 6.06. The fraction of sp³-hybridized carbons (Fsp3) is 0.438. The van der Waals surface area contributed by atoms with Gasteiger partial charge >= 0.3 is 0 Å². The molecule has 1 aliphatic rings. The van der Waals surface area contributed by atoms with Crippen LogP contribution >= 0.6 is 0 Å². The lowest BCUT2D eigenvalue weighted by Gasteiger charge is -2.29. The summed E-state index contributed by atoms with van der Waals surface area (Å²) in [6.45, 7) is 5.26. The van der Waals surface area contributed by atoms with Crippen LogP contribution < -0.4 is 10.6 Å². The van der Waals surface area contributed by atoms with Crippen molar-refractivity contribution in [3.8, 4) is 0 Å². The maximum Gasteiger partial charge on any atom is 0.240 e. The van der Waals surface area contributed by atoms with Gasteiger partial charge in [0.1, 0.15) is 23.2 Å². The molecule has 1 aliphatic heterocycles. The molecule has 5 nitrogen and oxygen atoms in total. The van der Waals surface area contributed by atoms with Gasteiger partial charge in [0.2, 0.25) is 5.91 Å². The number of morpholine rings is 1. The van der Waals surface area contributed by atoms with Gasteiger partial charge in [0, 0.05) is 17.5 Å². The first-order chi connectivity index (χ1) is 10.6. The second-order valence-electron chi connectivity index (χ2n) is 5.52. The average molecular weight is 306 g/mol. The lowest BCUT2D eigenvalue weighted by atomic mass is 10.1. The van der Waals surface area contributed by atoms with Gasteiger partial charge in [-0.3, -0.25) is 4.79 Å². The molecule has 0 aliphatic carbocycles. The van der Waals surface area contributed by atoms with Crippen molar-refractivity contribution in [3.05, 3.63) is 35.3 Å². The summed E-state index contributed by atoms with van der Waals surface area (Å²) in [6, 6.07) is 4.04. The third-order valence-electron chi connectivity index (χ3n) is 4.02. The van der Waals surface area contributed by atoms with Crippen molar-refractivity contribution in [2.24, 2.45) is 0 Å². The number of ether oxygens (including phenoxy) is 1. The van der Waals surface area contributed by atoms with E-state index in [0.717, 1.165) is 10.9 Å². The number of nitrogens with one attached hydrogen (secondary N) is 2. The van der Waals surface area contributed by atoms with Crippen LogP contribution in [-0.4, -0.2) is 31.2 Å². The molecule has 2 aromatic rings. The highest BCUT2D eigenvalue weighted by Crippen LogP contribution is 2.25. The molecule has 2 heterocycles. The molecule has 0 unspecified atom stereocenters. The first-order valence-corrected chi connectivity index (χ1v) is 7.36. The average Bonchev–Trinajstić information content (AvgIpc) is 2.82. The highest BCUT2D eigenvalue weighted by Gasteiger charge is 2.28. The van der Waals surface area contributed by atoms with Crippen LogP contribution in [0.2, 0.25) is 0 Å². The molecule has 3 rings (SSSR count). The number of halogens is 1. The zero-order valence-electron chi connectivity index (χ0n) is 12.6. The molecule has 1 aromatic carbocycles. The summed E-state index contributed by atoms with van der Waals surface area (Å²) in [5, 5.41) is 6.72. The van der Waals surface area contributed by atoms with E-state index in [4.69, 9.17) is 9.15 Å². The van der Waals surface area contributed by atoms with Crippen molar-refractivity contribution in [1.29, 1.82) is 0 Å². The molecule has 6 heteroatoms. The molecular weight excluding hydrogens is 287 g/mol. The number of amides is 1. The molecule has 1 fully saturated rings. The zero-order chi connectivity index (χ0) is 15.7. The van der Waals surface area contributed by atoms with Gasteiger partial charge in [-0.25, -0.2) is 4.39 Å². The summed E-state index contributed by atoms with van der Waals surface area (Å²) < 4.78 is 24.4. The Kier molecular flexibility index (Phi) is 4.13. The fourth-order valence-corrected chi connectivity index (χ4v) is 2.72. The number of carbonyl (C=O) groups is 1. The smallest absolute Gasteiger partial charge is 0.240 e. The minimum atomic E-state index is -0.365. The maximum absolute atomic E-state index is 13.3. The van der Waals surface area contributed by atoms with E-state index in [1.54, 1.807) is 6.07 Å². The highest BCUT2D eigenvalue weighted by molar-refractivity contribution is 5.84. The Hall–Kier alpha value is -1.92. The number of aryl methyl sites for hydroxylation is 1. The molecule has 0 saturated carbocycles. The Bertz CT molecular complexity index is 698. The van der Waals surface area contributed by atoms with E-state index >= 15 is 0 Å². The van der Waals surface area contributed by atoms with Crippen molar-refractivity contribution in [3.63, 3.8) is 0 Å². The molecule has 22 heavy (non-hydrogen) atoms. The van der Waals surface area contributed by atoms with Crippen LogP contribution in [0.3, 0.4) is 0 Å². The van der Waals surface area contributed by atoms with E-state index < -0.39 is 0 Å². The predicted octanol–water partition coefficient (Wildman–Crippen LogP) is 1.87. The summed E-state index contributed by atoms with van der Waals surface area (Å²) in [4.78, 5) is 12.2. The third kappa shape index (κ3) is 2.84. The number of rotatable bonds is 3. The van der Waals surface area contributed by atoms with E-state index in [-0.39, 0.29) is 30.4 Å². The van der Waals surface area contributed by atoms with E-state index in [9.17, 15) is 9.18 Å². The second-order valence-corrected chi connectivity index (χ2v) is 5.52. The van der Waals surface area contributed by atoms with Gasteiger partial charge < -0.3 is 19.8 Å². The van der Waals surface area contributed by atoms with Crippen LogP contribution in [0.15, 0.2) is 22.6 Å². The van der Waals surface area contributed by atoms with Crippen molar-refractivity contribution in [2.75, 3.05) is 13.2 Å². The first kappa shape index (κ1) is 15.0. The summed E-state index contributed by atoms with van der Waals surface area (Å²) in [7, 11) is 0. The molecule has 1 aromatic heterocycles. The summed E-state index contributed by atoms with van der Waals surface area (Å²) >= 11 is 0. The highest BCUT2D eigenvalue weighted by atomic mass is 19.1. The van der Waals surface area contributed by atoms with Crippen molar-refractivity contribution in [1.82, 2.24) is 10.6 Å². The van der Waals surface area contributed by atoms with Gasteiger partial charge in [0.05, 0.1) is 19.3 Å². The lowest BCUT2D eigenvalue weighted by molar-refractivity contribution is -0.129. The van der Waals surface area contributed by atoms with Crippen molar-refractivity contribution >= 4 is 16.9 Å². The molecule has 0 radical (unpaired) electrons. The van der Waals surface area contributed by atoms with Gasteiger partial charge in [-0.2, -0.15) is 0 Å². The van der Waals surface area contributed by atoms with Gasteiger partial charge in [0.15, 0.2) is 0 Å². The Morgan fingerprint density at radius 3 is 3.09 bits per heavy atom. The minimum absolute atomic E-state index is 0.127. The number of hydrogen-bond donors (Lipinski definition) is 2. The largest absolute Gasteiger partial charge is 0.459 e. The summed E-state index contributed by atoms with van der Waals surface area (Å²) in [5.41, 5.74) is 1.46. The standard InChI is InChI=1S/C16H19FN2O3/c1-9-12-7-11(17)3-4-13(12)22-14(9)8-19-16(20)15-10(2)21-6-5-18-15/h3-4,7,10,15,18H,5-6,8H2,1-2H3,(H,19,20)/t10-,15+/m1/s1. The number of furan rings is 1. The maximum atomic E-state index is 13.3. The molecule has 1 saturated heterocycles. The molecule has 118 valence electrons. The number of fused-ring (bicyclic) bond motifs is 1. The molecule has 2 atom stereocenters. The van der Waals surface area contributed by atoms with Crippen LogP contribution in [0.4, 0.5) is 4.39 Å². The quantitative estimate of drug-likeness (QED) is 0.909. The van der Waals surface area contributed by atoms with Crippen molar-refractivity contribution in [2.45, 2.75) is 32.5 Å².